The third kappa shape index (κ3) is 6.30. The second-order valence-corrected chi connectivity index (χ2v) is 13.0. The van der Waals surface area contributed by atoms with Crippen molar-refractivity contribution in [2.45, 2.75) is 50.6 Å². The van der Waals surface area contributed by atoms with Crippen LogP contribution in [0.4, 0.5) is 37.2 Å². The van der Waals surface area contributed by atoms with Gasteiger partial charge in [0.05, 0.1) is 29.0 Å². The number of nitriles is 1. The Kier molecular flexibility index (Phi) is 9.29. The summed E-state index contributed by atoms with van der Waals surface area (Å²) in [6.07, 6.45) is 0.940. The van der Waals surface area contributed by atoms with Crippen molar-refractivity contribution in [2.24, 2.45) is 0 Å². The van der Waals surface area contributed by atoms with Crippen LogP contribution in [-0.4, -0.2) is 59.3 Å². The molecule has 0 spiro atoms. The number of hydrogen-bond acceptors (Lipinski definition) is 9. The van der Waals surface area contributed by atoms with Gasteiger partial charge in [0.25, 0.3) is 0 Å². The summed E-state index contributed by atoms with van der Waals surface area (Å²) in [4.78, 5) is 16.2. The minimum Gasteiger partial charge on any atom is -0.467 e. The van der Waals surface area contributed by atoms with E-state index >= 15 is 4.39 Å². The number of benzene rings is 2. The predicted molar refractivity (Wildman–Crippen MR) is 176 cm³/mol. The summed E-state index contributed by atoms with van der Waals surface area (Å²) in [5.74, 6) is -2.16. The number of nitrogens with two attached hydrogens (primary N) is 1. The van der Waals surface area contributed by atoms with Crippen LogP contribution in [-0.2, 0) is 6.18 Å². The van der Waals surface area contributed by atoms with Crippen LogP contribution >= 0.6 is 11.3 Å². The summed E-state index contributed by atoms with van der Waals surface area (Å²) in [6, 6.07) is 7.86. The van der Waals surface area contributed by atoms with Crippen LogP contribution in [0.1, 0.15) is 48.9 Å². The first-order valence-corrected chi connectivity index (χ1v) is 16.2. The molecular formula is C34H31F6N7OS. The Labute approximate surface area is 281 Å². The van der Waals surface area contributed by atoms with Gasteiger partial charge in [-0.2, -0.15) is 28.4 Å². The molecule has 0 saturated carbocycles. The lowest BCUT2D eigenvalue weighted by Crippen LogP contribution is -2.24. The Morgan fingerprint density at radius 3 is 2.63 bits per heavy atom. The lowest BCUT2D eigenvalue weighted by molar-refractivity contribution is -0.137. The molecule has 0 radical (unpaired) electrons. The highest BCUT2D eigenvalue weighted by Crippen LogP contribution is 2.48. The van der Waals surface area contributed by atoms with Crippen molar-refractivity contribution in [3.05, 3.63) is 71.1 Å². The molecular weight excluding hydrogens is 668 g/mol. The molecule has 2 aliphatic heterocycles. The average molecular weight is 700 g/mol. The fourth-order valence-electron chi connectivity index (χ4n) is 6.60. The highest BCUT2D eigenvalue weighted by molar-refractivity contribution is 7.23. The molecule has 2 N–H and O–H groups in total. The fraction of sp³-hybridized carbons (Fsp3) is 0.353. The van der Waals surface area contributed by atoms with Gasteiger partial charge in [0.2, 0.25) is 0 Å². The highest BCUT2D eigenvalue weighted by Gasteiger charge is 2.39. The maximum Gasteiger partial charge on any atom is 0.417 e. The van der Waals surface area contributed by atoms with Gasteiger partial charge in [-0.15, -0.1) is 11.3 Å². The zero-order valence-electron chi connectivity index (χ0n) is 26.7. The maximum atomic E-state index is 16.4. The number of aromatic nitrogens is 3. The first kappa shape index (κ1) is 34.2. The summed E-state index contributed by atoms with van der Waals surface area (Å²) >= 11 is 0.694. The van der Waals surface area contributed by atoms with Crippen molar-refractivity contribution >= 4 is 43.1 Å². The van der Waals surface area contributed by atoms with E-state index in [1.807, 2.05) is 0 Å². The fourth-order valence-corrected chi connectivity index (χ4v) is 7.55. The predicted octanol–water partition coefficient (Wildman–Crippen LogP) is 8.06. The number of thiophene rings is 1. The summed E-state index contributed by atoms with van der Waals surface area (Å²) in [5.41, 5.74) is 3.32. The van der Waals surface area contributed by atoms with Crippen molar-refractivity contribution in [3.8, 4) is 23.2 Å². The Balaban J connectivity index is 0.000000396. The second kappa shape index (κ2) is 13.3. The van der Waals surface area contributed by atoms with E-state index in [1.54, 1.807) is 49.5 Å². The lowest BCUT2D eigenvalue weighted by atomic mass is 9.92. The number of ether oxygens (including phenoxy) is 1. The quantitative estimate of drug-likeness (QED) is 0.184. The van der Waals surface area contributed by atoms with Crippen molar-refractivity contribution in [1.82, 2.24) is 19.9 Å². The SMILES string of the molecule is COc1nc(N(C)C(C)c2cccnc2)c2cc(C(F)(F)F)c(-c3ccc(F)c4sc(N)c(C#N)c34)c(F)c2n1.FC1CC2CCCN2C1. The molecule has 2 saturated heterocycles. The van der Waals surface area contributed by atoms with Crippen LogP contribution in [0.25, 0.3) is 32.1 Å². The standard InChI is InChI=1S/C27H19F5N6OS.C7H12FN/c1-12(13-5-4-8-35-11-13)38(2)25-15-9-17(27(30,31)32)20(21(29)22(15)36-26(37-25)39-3)14-6-7-18(28)23-19(14)16(10-33)24(34)40-23;8-6-4-7-2-1-3-9(7)5-6/h4-9,11-12H,34H2,1-3H3;6-7H,1-5H2. The third-order valence-corrected chi connectivity index (χ3v) is 10.1. The normalized spacial score (nSPS) is 18.2. The number of alkyl halides is 4. The number of nitrogen functional groups attached to an aromatic ring is 1. The molecule has 3 atom stereocenters. The third-order valence-electron chi connectivity index (χ3n) is 9.12. The summed E-state index contributed by atoms with van der Waals surface area (Å²) in [7, 11) is 2.84. The van der Waals surface area contributed by atoms with Crippen molar-refractivity contribution in [3.63, 3.8) is 0 Å². The number of fused-ring (bicyclic) bond motifs is 3. The van der Waals surface area contributed by atoms with E-state index in [4.69, 9.17) is 10.5 Å². The number of rotatable bonds is 5. The van der Waals surface area contributed by atoms with E-state index in [9.17, 15) is 27.2 Å². The van der Waals surface area contributed by atoms with Gasteiger partial charge >= 0.3 is 12.2 Å². The Bertz CT molecular complexity index is 2050. The van der Waals surface area contributed by atoms with Crippen LogP contribution in [0.15, 0.2) is 42.7 Å². The van der Waals surface area contributed by atoms with E-state index < -0.39 is 46.7 Å². The molecule has 0 aliphatic carbocycles. The number of pyridine rings is 1. The average Bonchev–Trinajstić information content (AvgIpc) is 3.77. The molecule has 2 aliphatic rings. The number of anilines is 2. The van der Waals surface area contributed by atoms with E-state index in [0.29, 0.717) is 23.9 Å². The molecule has 2 fully saturated rings. The molecule has 5 heterocycles. The van der Waals surface area contributed by atoms with Crippen LogP contribution < -0.4 is 15.4 Å². The molecule has 15 heteroatoms. The molecule has 49 heavy (non-hydrogen) atoms. The minimum atomic E-state index is -5.05. The van der Waals surface area contributed by atoms with Gasteiger partial charge in [-0.25, -0.2) is 13.2 Å². The summed E-state index contributed by atoms with van der Waals surface area (Å²) < 4.78 is 92.5. The van der Waals surface area contributed by atoms with E-state index in [-0.39, 0.29) is 43.4 Å². The minimum absolute atomic E-state index is 0.0177. The Hall–Kier alpha value is -4.68. The molecule has 0 amide bonds. The molecule has 3 unspecified atom stereocenters. The van der Waals surface area contributed by atoms with Crippen LogP contribution in [0.2, 0.25) is 0 Å². The topological polar surface area (TPSA) is 104 Å². The highest BCUT2D eigenvalue weighted by atomic mass is 32.1. The first-order valence-electron chi connectivity index (χ1n) is 15.4. The van der Waals surface area contributed by atoms with Gasteiger partial charge in [0.15, 0.2) is 5.82 Å². The molecule has 8 nitrogen and oxygen atoms in total. The van der Waals surface area contributed by atoms with Gasteiger partial charge in [0.1, 0.15) is 34.4 Å². The zero-order valence-corrected chi connectivity index (χ0v) is 27.5. The molecule has 5 aromatic rings. The Morgan fingerprint density at radius 1 is 1.20 bits per heavy atom. The second-order valence-electron chi connectivity index (χ2n) is 12.0. The maximum absolute atomic E-state index is 16.4. The van der Waals surface area contributed by atoms with Crippen LogP contribution in [0.5, 0.6) is 6.01 Å². The van der Waals surface area contributed by atoms with Crippen molar-refractivity contribution in [1.29, 1.82) is 5.26 Å². The number of halogens is 6. The molecule has 256 valence electrons. The number of methoxy groups -OCH3 is 1. The van der Waals surface area contributed by atoms with Crippen LogP contribution in [0, 0.1) is 23.0 Å². The van der Waals surface area contributed by atoms with Gasteiger partial charge in [-0.05, 0) is 62.1 Å². The molecule has 0 bridgehead atoms. The summed E-state index contributed by atoms with van der Waals surface area (Å²) in [6.45, 7) is 3.64. The number of hydrogen-bond donors (Lipinski definition) is 1. The van der Waals surface area contributed by atoms with Crippen LogP contribution in [0.3, 0.4) is 0 Å². The summed E-state index contributed by atoms with van der Waals surface area (Å²) in [5, 5.41) is 9.10. The van der Waals surface area contributed by atoms with Gasteiger partial charge in [-0.3, -0.25) is 9.88 Å². The van der Waals surface area contributed by atoms with Crippen molar-refractivity contribution in [2.75, 3.05) is 37.9 Å². The largest absolute Gasteiger partial charge is 0.467 e. The monoisotopic (exact) mass is 699 g/mol. The van der Waals surface area contributed by atoms with Gasteiger partial charge < -0.3 is 15.4 Å². The first-order chi connectivity index (χ1) is 23.3. The van der Waals surface area contributed by atoms with E-state index in [2.05, 4.69) is 19.9 Å². The Morgan fingerprint density at radius 2 is 1.98 bits per heavy atom. The van der Waals surface area contributed by atoms with Gasteiger partial charge in [0, 0.05) is 48.4 Å². The van der Waals surface area contributed by atoms with E-state index in [0.717, 1.165) is 36.7 Å². The number of nitrogens with zero attached hydrogens (tertiary/aromatic N) is 6. The zero-order chi connectivity index (χ0) is 35.2. The lowest BCUT2D eigenvalue weighted by Gasteiger charge is -2.28. The molecule has 7 rings (SSSR count). The molecule has 2 aromatic carbocycles. The molecule has 3 aromatic heterocycles. The smallest absolute Gasteiger partial charge is 0.417 e. The van der Waals surface area contributed by atoms with Crippen molar-refractivity contribution < 1.29 is 31.1 Å². The van der Waals surface area contributed by atoms with E-state index in [1.165, 1.54) is 20.0 Å². The van der Waals surface area contributed by atoms with Gasteiger partial charge in [-0.1, -0.05) is 12.1 Å².